The molecule has 0 fully saturated rings. The largest absolute Gasteiger partial charge is 0.493 e. The van der Waals surface area contributed by atoms with Gasteiger partial charge in [0.1, 0.15) is 5.75 Å². The van der Waals surface area contributed by atoms with Crippen molar-refractivity contribution in [2.45, 2.75) is 12.1 Å². The van der Waals surface area contributed by atoms with Crippen molar-refractivity contribution in [3.8, 4) is 5.75 Å². The van der Waals surface area contributed by atoms with E-state index in [2.05, 4.69) is 10.2 Å². The Hall–Kier alpha value is -2.80. The Kier molecular flexibility index (Phi) is 4.38. The van der Waals surface area contributed by atoms with Gasteiger partial charge in [0.2, 0.25) is 5.78 Å². The highest BCUT2D eigenvalue weighted by Crippen LogP contribution is 2.21. The topological polar surface area (TPSA) is 61.4 Å². The maximum atomic E-state index is 12.5. The molecule has 0 spiro atoms. The van der Waals surface area contributed by atoms with Crippen molar-refractivity contribution in [1.82, 2.24) is 19.2 Å². The van der Waals surface area contributed by atoms with Gasteiger partial charge in [-0.05, 0) is 36.8 Å². The van der Waals surface area contributed by atoms with Crippen LogP contribution in [0.5, 0.6) is 5.75 Å². The first-order valence-corrected chi connectivity index (χ1v) is 9.29. The van der Waals surface area contributed by atoms with Gasteiger partial charge < -0.3 is 4.74 Å². The van der Waals surface area contributed by atoms with E-state index in [0.29, 0.717) is 17.8 Å². The monoisotopic (exact) mass is 366 g/mol. The number of hydrogen-bond donors (Lipinski definition) is 0. The Morgan fingerprint density at radius 2 is 1.96 bits per heavy atom. The molecular weight excluding hydrogens is 348 g/mol. The molecule has 0 radical (unpaired) electrons. The fourth-order valence-electron chi connectivity index (χ4n) is 2.90. The Morgan fingerprint density at radius 1 is 1.12 bits per heavy atom. The highest BCUT2D eigenvalue weighted by atomic mass is 32.2. The summed E-state index contributed by atoms with van der Waals surface area (Å²) in [6.07, 6.45) is 0. The summed E-state index contributed by atoms with van der Waals surface area (Å²) in [6, 6.07) is 15.5. The molecule has 0 unspecified atom stereocenters. The summed E-state index contributed by atoms with van der Waals surface area (Å²) < 4.78 is 9.25. The lowest BCUT2D eigenvalue weighted by Gasteiger charge is -2.08. The molecule has 132 valence electrons. The number of aryl methyl sites for hydroxylation is 2. The van der Waals surface area contributed by atoms with Crippen LogP contribution in [0.15, 0.2) is 58.5 Å². The zero-order valence-electron chi connectivity index (χ0n) is 14.5. The van der Waals surface area contributed by atoms with Gasteiger partial charge in [-0.2, -0.15) is 0 Å². The van der Waals surface area contributed by atoms with Crippen LogP contribution in [0.2, 0.25) is 0 Å². The third-order valence-corrected chi connectivity index (χ3v) is 5.06. The van der Waals surface area contributed by atoms with Crippen molar-refractivity contribution < 1.29 is 4.74 Å². The van der Waals surface area contributed by atoms with Crippen LogP contribution < -0.4 is 10.3 Å². The first-order valence-electron chi connectivity index (χ1n) is 8.30. The third-order valence-electron chi connectivity index (χ3n) is 4.17. The molecule has 0 aliphatic carbocycles. The Bertz CT molecular complexity index is 1150. The lowest BCUT2D eigenvalue weighted by atomic mass is 10.2. The van der Waals surface area contributed by atoms with Gasteiger partial charge in [-0.15, -0.1) is 10.2 Å². The fraction of sp³-hybridized carbons (Fsp3) is 0.211. The number of para-hydroxylation sites is 1. The first-order chi connectivity index (χ1) is 12.6. The molecule has 2 aromatic heterocycles. The van der Waals surface area contributed by atoms with E-state index in [-0.39, 0.29) is 5.56 Å². The lowest BCUT2D eigenvalue weighted by Crippen LogP contribution is -2.20. The minimum absolute atomic E-state index is 0.0696. The Labute approximate surface area is 154 Å². The molecule has 26 heavy (non-hydrogen) atoms. The second-order valence-corrected chi connectivity index (χ2v) is 7.07. The molecule has 2 heterocycles. The maximum absolute atomic E-state index is 12.5. The average Bonchev–Trinajstić information content (AvgIpc) is 3.08. The number of rotatable bonds is 5. The van der Waals surface area contributed by atoms with E-state index < -0.39 is 0 Å². The molecule has 0 saturated heterocycles. The molecule has 4 rings (SSSR count). The van der Waals surface area contributed by atoms with Gasteiger partial charge in [0.05, 0.1) is 17.5 Å². The molecule has 0 saturated carbocycles. The minimum atomic E-state index is -0.0696. The van der Waals surface area contributed by atoms with Gasteiger partial charge >= 0.3 is 0 Å². The SMILES string of the molecule is Cc1cccc(OCCSc2nnc3n(C)c(=O)c4ccccc4n23)c1. The first kappa shape index (κ1) is 16.7. The van der Waals surface area contributed by atoms with Gasteiger partial charge in [-0.3, -0.25) is 13.8 Å². The minimum Gasteiger partial charge on any atom is -0.493 e. The van der Waals surface area contributed by atoms with Gasteiger partial charge in [-0.1, -0.05) is 36.0 Å². The van der Waals surface area contributed by atoms with Crippen LogP contribution >= 0.6 is 11.8 Å². The van der Waals surface area contributed by atoms with Crippen molar-refractivity contribution >= 4 is 28.4 Å². The van der Waals surface area contributed by atoms with Crippen molar-refractivity contribution in [2.75, 3.05) is 12.4 Å². The molecule has 0 atom stereocenters. The zero-order chi connectivity index (χ0) is 18.1. The van der Waals surface area contributed by atoms with E-state index in [0.717, 1.165) is 22.2 Å². The number of fused-ring (bicyclic) bond motifs is 3. The van der Waals surface area contributed by atoms with Gasteiger partial charge in [0.15, 0.2) is 5.16 Å². The molecule has 0 bridgehead atoms. The Balaban J connectivity index is 1.58. The van der Waals surface area contributed by atoms with E-state index in [1.165, 1.54) is 10.1 Å². The predicted molar refractivity (Wildman–Crippen MR) is 103 cm³/mol. The van der Waals surface area contributed by atoms with Crippen molar-refractivity contribution in [3.63, 3.8) is 0 Å². The smallest absolute Gasteiger partial charge is 0.262 e. The number of hydrogen-bond acceptors (Lipinski definition) is 5. The molecular formula is C19H18N4O2S. The molecule has 4 aromatic rings. The molecule has 0 N–H and O–H groups in total. The second-order valence-electron chi connectivity index (χ2n) is 6.01. The number of aromatic nitrogens is 4. The summed E-state index contributed by atoms with van der Waals surface area (Å²) in [6.45, 7) is 2.60. The van der Waals surface area contributed by atoms with Crippen molar-refractivity contribution in [1.29, 1.82) is 0 Å². The highest BCUT2D eigenvalue weighted by molar-refractivity contribution is 7.99. The third kappa shape index (κ3) is 2.94. The highest BCUT2D eigenvalue weighted by Gasteiger charge is 2.14. The summed E-state index contributed by atoms with van der Waals surface area (Å²) in [5, 5.41) is 9.86. The molecule has 6 nitrogen and oxygen atoms in total. The van der Waals surface area contributed by atoms with Crippen LogP contribution in [0.1, 0.15) is 5.56 Å². The van der Waals surface area contributed by atoms with E-state index in [9.17, 15) is 4.79 Å². The summed E-state index contributed by atoms with van der Waals surface area (Å²) in [7, 11) is 1.72. The number of nitrogens with zero attached hydrogens (tertiary/aromatic N) is 4. The molecule has 0 aliphatic rings. The van der Waals surface area contributed by atoms with E-state index >= 15 is 0 Å². The summed E-state index contributed by atoms with van der Waals surface area (Å²) in [5.41, 5.74) is 1.92. The van der Waals surface area contributed by atoms with Crippen LogP contribution in [0, 0.1) is 6.92 Å². The van der Waals surface area contributed by atoms with Crippen LogP contribution in [-0.4, -0.2) is 31.5 Å². The van der Waals surface area contributed by atoms with Crippen molar-refractivity contribution in [3.05, 3.63) is 64.4 Å². The van der Waals surface area contributed by atoms with Gasteiger partial charge in [0, 0.05) is 12.8 Å². The van der Waals surface area contributed by atoms with E-state index in [1.54, 1.807) is 18.8 Å². The van der Waals surface area contributed by atoms with Gasteiger partial charge in [-0.25, -0.2) is 0 Å². The van der Waals surface area contributed by atoms with Crippen molar-refractivity contribution in [2.24, 2.45) is 7.05 Å². The second kappa shape index (κ2) is 6.84. The van der Waals surface area contributed by atoms with Crippen LogP contribution in [0.3, 0.4) is 0 Å². The van der Waals surface area contributed by atoms with E-state index in [4.69, 9.17) is 4.74 Å². The number of benzene rings is 2. The normalized spacial score (nSPS) is 11.3. The van der Waals surface area contributed by atoms with Crippen LogP contribution in [-0.2, 0) is 7.05 Å². The Morgan fingerprint density at radius 3 is 2.81 bits per heavy atom. The summed E-state index contributed by atoms with van der Waals surface area (Å²) >= 11 is 1.56. The van der Waals surface area contributed by atoms with Gasteiger partial charge in [0.25, 0.3) is 5.56 Å². The summed E-state index contributed by atoms with van der Waals surface area (Å²) in [5.74, 6) is 2.13. The summed E-state index contributed by atoms with van der Waals surface area (Å²) in [4.78, 5) is 12.5. The molecule has 0 aliphatic heterocycles. The lowest BCUT2D eigenvalue weighted by molar-refractivity contribution is 0.343. The predicted octanol–water partition coefficient (Wildman–Crippen LogP) is 3.06. The molecule has 7 heteroatoms. The molecule has 0 amide bonds. The fourth-order valence-corrected chi connectivity index (χ4v) is 3.66. The molecule has 2 aromatic carbocycles. The zero-order valence-corrected chi connectivity index (χ0v) is 15.4. The van der Waals surface area contributed by atoms with Crippen LogP contribution in [0.25, 0.3) is 16.7 Å². The van der Waals surface area contributed by atoms with Crippen LogP contribution in [0.4, 0.5) is 0 Å². The number of ether oxygens (including phenoxy) is 1. The number of thioether (sulfide) groups is 1. The average molecular weight is 366 g/mol. The quantitative estimate of drug-likeness (QED) is 0.401. The maximum Gasteiger partial charge on any atom is 0.262 e. The van der Waals surface area contributed by atoms with E-state index in [1.807, 2.05) is 59.9 Å². The standard InChI is InChI=1S/C19H18N4O2S/c1-13-6-5-7-14(12-13)25-10-11-26-19-21-20-18-22(2)17(24)15-8-3-4-9-16(15)23(18)19/h3-9,12H,10-11H2,1-2H3.